The van der Waals surface area contributed by atoms with Gasteiger partial charge in [-0.25, -0.2) is 9.97 Å². The van der Waals surface area contributed by atoms with Crippen LogP contribution < -0.4 is 5.32 Å². The summed E-state index contributed by atoms with van der Waals surface area (Å²) in [6, 6.07) is 3.77. The first-order valence-electron chi connectivity index (χ1n) is 5.15. The maximum Gasteiger partial charge on any atom is 0.197 e. The van der Waals surface area contributed by atoms with Crippen molar-refractivity contribution in [2.45, 2.75) is 13.3 Å². The summed E-state index contributed by atoms with van der Waals surface area (Å²) in [7, 11) is 1.83. The first-order chi connectivity index (χ1) is 8.13. The molecule has 2 aromatic heterocycles. The molecule has 2 aromatic rings. The third kappa shape index (κ3) is 2.69. The molecule has 6 heteroatoms. The smallest absolute Gasteiger partial charge is 0.197 e. The molecule has 2 rings (SSSR count). The Morgan fingerprint density at radius 2 is 2.06 bits per heavy atom. The first kappa shape index (κ1) is 12.6. The quantitative estimate of drug-likeness (QED) is 0.902. The van der Waals surface area contributed by atoms with Crippen LogP contribution in [-0.4, -0.2) is 17.0 Å². The van der Waals surface area contributed by atoms with Gasteiger partial charge in [-0.2, -0.15) is 0 Å². The Morgan fingerprint density at radius 3 is 2.59 bits per heavy atom. The van der Waals surface area contributed by atoms with Gasteiger partial charge in [0, 0.05) is 24.9 Å². The Hall–Kier alpha value is -0.880. The molecule has 0 saturated heterocycles. The van der Waals surface area contributed by atoms with Crippen molar-refractivity contribution in [1.29, 1.82) is 0 Å². The SMILES string of the molecule is CCc1cc(NC)nc(-c2cc(Br)c(Br)o2)n1. The summed E-state index contributed by atoms with van der Waals surface area (Å²) in [6.07, 6.45) is 0.854. The molecule has 0 unspecified atom stereocenters. The fourth-order valence-corrected chi connectivity index (χ4v) is 1.95. The van der Waals surface area contributed by atoms with Crippen LogP contribution in [0.4, 0.5) is 5.82 Å². The number of aryl methyl sites for hydroxylation is 1. The fourth-order valence-electron chi connectivity index (χ4n) is 1.37. The molecule has 1 N–H and O–H groups in total. The molecule has 4 nitrogen and oxygen atoms in total. The van der Waals surface area contributed by atoms with Crippen molar-refractivity contribution in [1.82, 2.24) is 9.97 Å². The Labute approximate surface area is 116 Å². The molecule has 0 aromatic carbocycles. The number of anilines is 1. The highest BCUT2D eigenvalue weighted by Crippen LogP contribution is 2.31. The van der Waals surface area contributed by atoms with Crippen molar-refractivity contribution in [3.05, 3.63) is 27.0 Å². The Morgan fingerprint density at radius 1 is 1.29 bits per heavy atom. The highest BCUT2D eigenvalue weighted by atomic mass is 79.9. The van der Waals surface area contributed by atoms with E-state index in [0.29, 0.717) is 16.3 Å². The second kappa shape index (κ2) is 5.18. The van der Waals surface area contributed by atoms with Crippen LogP contribution in [-0.2, 0) is 6.42 Å². The number of hydrogen-bond donors (Lipinski definition) is 1. The van der Waals surface area contributed by atoms with Crippen LogP contribution in [0.2, 0.25) is 0 Å². The predicted octanol–water partition coefficient (Wildman–Crippen LogP) is 3.87. The van der Waals surface area contributed by atoms with Crippen molar-refractivity contribution in [3.8, 4) is 11.6 Å². The Balaban J connectivity index is 2.50. The molecule has 0 amide bonds. The van der Waals surface area contributed by atoms with E-state index in [-0.39, 0.29) is 0 Å². The Kier molecular flexibility index (Phi) is 3.83. The summed E-state index contributed by atoms with van der Waals surface area (Å²) in [5.41, 5.74) is 0.975. The molecule has 0 bridgehead atoms. The van der Waals surface area contributed by atoms with Crippen molar-refractivity contribution >= 4 is 37.7 Å². The minimum atomic E-state index is 0.583. The topological polar surface area (TPSA) is 51.0 Å². The third-order valence-electron chi connectivity index (χ3n) is 2.26. The number of nitrogens with one attached hydrogen (secondary N) is 1. The van der Waals surface area contributed by atoms with Crippen LogP contribution in [0.15, 0.2) is 25.7 Å². The molecule has 0 radical (unpaired) electrons. The van der Waals surface area contributed by atoms with Crippen molar-refractivity contribution in [3.63, 3.8) is 0 Å². The lowest BCUT2D eigenvalue weighted by Crippen LogP contribution is -1.99. The van der Waals surface area contributed by atoms with Crippen LogP contribution >= 0.6 is 31.9 Å². The average Bonchev–Trinajstić information content (AvgIpc) is 2.69. The maximum atomic E-state index is 5.52. The molecule has 0 aliphatic carbocycles. The van der Waals surface area contributed by atoms with Crippen LogP contribution in [0.1, 0.15) is 12.6 Å². The molecule has 17 heavy (non-hydrogen) atoms. The largest absolute Gasteiger partial charge is 0.445 e. The van der Waals surface area contributed by atoms with Gasteiger partial charge in [0.25, 0.3) is 0 Å². The van der Waals surface area contributed by atoms with Crippen molar-refractivity contribution in [2.75, 3.05) is 12.4 Å². The molecule has 2 heterocycles. The lowest BCUT2D eigenvalue weighted by Gasteiger charge is -2.04. The summed E-state index contributed by atoms with van der Waals surface area (Å²) >= 11 is 6.67. The summed E-state index contributed by atoms with van der Waals surface area (Å²) in [6.45, 7) is 2.06. The molecule has 90 valence electrons. The molecule has 0 aliphatic heterocycles. The van der Waals surface area contributed by atoms with Gasteiger partial charge in [0.05, 0.1) is 4.47 Å². The molecule has 0 saturated carbocycles. The fraction of sp³-hybridized carbons (Fsp3) is 0.273. The standard InChI is InChI=1S/C11H11Br2N3O/c1-3-6-4-9(14-2)16-11(15-6)8-5-7(12)10(13)17-8/h4-5H,3H2,1-2H3,(H,14,15,16). The summed E-state index contributed by atoms with van der Waals surface area (Å²) in [5, 5.41) is 3.02. The van der Waals surface area contributed by atoms with Gasteiger partial charge in [0.15, 0.2) is 16.3 Å². The zero-order valence-electron chi connectivity index (χ0n) is 9.42. The van der Waals surface area contributed by atoms with E-state index in [0.717, 1.165) is 22.4 Å². The van der Waals surface area contributed by atoms with Crippen LogP contribution in [0, 0.1) is 0 Å². The second-order valence-electron chi connectivity index (χ2n) is 3.40. The maximum absolute atomic E-state index is 5.52. The van der Waals surface area contributed by atoms with Gasteiger partial charge in [-0.05, 0) is 38.3 Å². The first-order valence-corrected chi connectivity index (χ1v) is 6.73. The Bertz CT molecular complexity index is 498. The number of halogens is 2. The van der Waals surface area contributed by atoms with E-state index >= 15 is 0 Å². The summed E-state index contributed by atoms with van der Waals surface area (Å²) in [5.74, 6) is 2.01. The molecule has 0 aliphatic rings. The van der Waals surface area contributed by atoms with E-state index in [4.69, 9.17) is 4.42 Å². The number of furan rings is 1. The zero-order chi connectivity index (χ0) is 12.4. The van der Waals surface area contributed by atoms with Gasteiger partial charge in [-0.1, -0.05) is 6.92 Å². The molecule has 0 fully saturated rings. The number of rotatable bonds is 3. The normalized spacial score (nSPS) is 10.6. The van der Waals surface area contributed by atoms with Gasteiger partial charge in [0.1, 0.15) is 5.82 Å². The molecular formula is C11H11Br2N3O. The predicted molar refractivity (Wildman–Crippen MR) is 74.1 cm³/mol. The van der Waals surface area contributed by atoms with E-state index in [9.17, 15) is 0 Å². The van der Waals surface area contributed by atoms with Gasteiger partial charge < -0.3 is 9.73 Å². The van der Waals surface area contributed by atoms with Crippen LogP contribution in [0.3, 0.4) is 0 Å². The van der Waals surface area contributed by atoms with Gasteiger partial charge >= 0.3 is 0 Å². The second-order valence-corrected chi connectivity index (χ2v) is 4.98. The van der Waals surface area contributed by atoms with Gasteiger partial charge in [-0.3, -0.25) is 0 Å². The van der Waals surface area contributed by atoms with Crippen LogP contribution in [0.5, 0.6) is 0 Å². The lowest BCUT2D eigenvalue weighted by molar-refractivity contribution is 0.549. The summed E-state index contributed by atoms with van der Waals surface area (Å²) < 4.78 is 7.01. The van der Waals surface area contributed by atoms with Crippen LogP contribution in [0.25, 0.3) is 11.6 Å². The van der Waals surface area contributed by atoms with Crippen molar-refractivity contribution < 1.29 is 4.42 Å². The lowest BCUT2D eigenvalue weighted by atomic mass is 10.3. The molecule has 0 spiro atoms. The minimum Gasteiger partial charge on any atom is -0.445 e. The van der Waals surface area contributed by atoms with E-state index < -0.39 is 0 Å². The van der Waals surface area contributed by atoms with Gasteiger partial charge in [-0.15, -0.1) is 0 Å². The number of hydrogen-bond acceptors (Lipinski definition) is 4. The average molecular weight is 361 g/mol. The highest BCUT2D eigenvalue weighted by molar-refractivity contribution is 9.13. The van der Waals surface area contributed by atoms with E-state index in [1.807, 2.05) is 19.2 Å². The zero-order valence-corrected chi connectivity index (χ0v) is 12.6. The number of aromatic nitrogens is 2. The van der Waals surface area contributed by atoms with E-state index in [2.05, 4.69) is 54.1 Å². The molecule has 0 atom stereocenters. The monoisotopic (exact) mass is 359 g/mol. The number of nitrogens with zero attached hydrogens (tertiary/aromatic N) is 2. The van der Waals surface area contributed by atoms with E-state index in [1.54, 1.807) is 0 Å². The van der Waals surface area contributed by atoms with Gasteiger partial charge in [0.2, 0.25) is 0 Å². The minimum absolute atomic E-state index is 0.583. The highest BCUT2D eigenvalue weighted by Gasteiger charge is 2.12. The van der Waals surface area contributed by atoms with Crippen molar-refractivity contribution in [2.24, 2.45) is 0 Å². The molecular weight excluding hydrogens is 350 g/mol. The summed E-state index contributed by atoms with van der Waals surface area (Å²) in [4.78, 5) is 8.80. The third-order valence-corrected chi connectivity index (χ3v) is 3.97. The van der Waals surface area contributed by atoms with E-state index in [1.165, 1.54) is 0 Å².